The van der Waals surface area contributed by atoms with E-state index in [9.17, 15) is 9.59 Å². The minimum atomic E-state index is -0.284. The lowest BCUT2D eigenvalue weighted by molar-refractivity contribution is 0.0521. The predicted octanol–water partition coefficient (Wildman–Crippen LogP) is 4.97. The van der Waals surface area contributed by atoms with Gasteiger partial charge in [-0.2, -0.15) is 0 Å². The first-order chi connectivity index (χ1) is 15.1. The van der Waals surface area contributed by atoms with E-state index in [-0.39, 0.29) is 18.6 Å². The number of anilines is 1. The highest BCUT2D eigenvalue weighted by Crippen LogP contribution is 2.37. The largest absolute Gasteiger partial charge is 0.454 e. The number of nitrogens with zero attached hydrogens (tertiary/aromatic N) is 1. The third-order valence-electron chi connectivity index (χ3n) is 6.67. The van der Waals surface area contributed by atoms with Gasteiger partial charge in [-0.15, -0.1) is 0 Å². The maximum atomic E-state index is 13.1. The Balaban J connectivity index is 1.26. The first-order valence-electron chi connectivity index (χ1n) is 10.9. The molecule has 2 aromatic rings. The average molecular weight is 441 g/mol. The fourth-order valence-electron chi connectivity index (χ4n) is 4.96. The number of carbonyl (C=O) groups is 2. The standard InChI is InChI=1S/C24H25ClN2O4/c25-20-12-18(26-23(28)16-5-8-21-22(11-16)31-14-30-21)6-7-19(20)24(29)27-10-9-15-3-1-2-4-17(15)13-27/h5-8,11-12,15,17H,1-4,9-10,13-14H2,(H,26,28)/t15-,17+/m1/s1. The molecule has 0 radical (unpaired) electrons. The molecule has 1 N–H and O–H groups in total. The van der Waals surface area contributed by atoms with Crippen LogP contribution in [-0.2, 0) is 0 Å². The van der Waals surface area contributed by atoms with Gasteiger partial charge in [0.25, 0.3) is 11.8 Å². The van der Waals surface area contributed by atoms with Gasteiger partial charge in [0.1, 0.15) is 0 Å². The number of hydrogen-bond acceptors (Lipinski definition) is 4. The lowest BCUT2D eigenvalue weighted by Gasteiger charge is -2.41. The van der Waals surface area contributed by atoms with Crippen molar-refractivity contribution < 1.29 is 19.1 Å². The Kier molecular flexibility index (Phi) is 5.48. The van der Waals surface area contributed by atoms with Crippen LogP contribution in [0, 0.1) is 11.8 Å². The van der Waals surface area contributed by atoms with Crippen molar-refractivity contribution in [1.29, 1.82) is 0 Å². The van der Waals surface area contributed by atoms with Crippen molar-refractivity contribution in [3.05, 3.63) is 52.5 Å². The molecule has 1 aliphatic carbocycles. The van der Waals surface area contributed by atoms with Crippen molar-refractivity contribution in [2.24, 2.45) is 11.8 Å². The van der Waals surface area contributed by atoms with E-state index in [4.69, 9.17) is 21.1 Å². The van der Waals surface area contributed by atoms with Gasteiger partial charge in [0.05, 0.1) is 10.6 Å². The lowest BCUT2D eigenvalue weighted by atomic mass is 9.75. The van der Waals surface area contributed by atoms with E-state index < -0.39 is 0 Å². The molecule has 2 aliphatic heterocycles. The Labute approximate surface area is 186 Å². The molecule has 0 aromatic heterocycles. The molecular formula is C24H25ClN2O4. The molecule has 2 amide bonds. The van der Waals surface area contributed by atoms with Gasteiger partial charge < -0.3 is 19.7 Å². The van der Waals surface area contributed by atoms with Crippen LogP contribution in [0.3, 0.4) is 0 Å². The molecule has 2 heterocycles. The maximum absolute atomic E-state index is 13.1. The van der Waals surface area contributed by atoms with Crippen LogP contribution >= 0.6 is 11.6 Å². The molecule has 6 nitrogen and oxygen atoms in total. The number of likely N-dealkylation sites (tertiary alicyclic amines) is 1. The molecule has 7 heteroatoms. The summed E-state index contributed by atoms with van der Waals surface area (Å²) in [5.41, 5.74) is 1.48. The molecule has 0 bridgehead atoms. The van der Waals surface area contributed by atoms with Crippen LogP contribution in [0.4, 0.5) is 5.69 Å². The highest BCUT2D eigenvalue weighted by Gasteiger charge is 2.33. The predicted molar refractivity (Wildman–Crippen MR) is 118 cm³/mol. The molecule has 1 saturated heterocycles. The second kappa shape index (κ2) is 8.42. The van der Waals surface area contributed by atoms with Crippen molar-refractivity contribution in [2.45, 2.75) is 32.1 Å². The van der Waals surface area contributed by atoms with Crippen molar-refractivity contribution in [3.8, 4) is 11.5 Å². The smallest absolute Gasteiger partial charge is 0.255 e. The summed E-state index contributed by atoms with van der Waals surface area (Å²) in [5.74, 6) is 2.25. The molecule has 2 aromatic carbocycles. The molecule has 5 rings (SSSR count). The van der Waals surface area contributed by atoms with Gasteiger partial charge in [-0.25, -0.2) is 0 Å². The van der Waals surface area contributed by atoms with Gasteiger partial charge in [0, 0.05) is 24.3 Å². The zero-order valence-electron chi connectivity index (χ0n) is 17.2. The minimum Gasteiger partial charge on any atom is -0.454 e. The summed E-state index contributed by atoms with van der Waals surface area (Å²) in [6.45, 7) is 1.77. The van der Waals surface area contributed by atoms with Crippen LogP contribution in [0.25, 0.3) is 0 Å². The number of rotatable bonds is 3. The number of ether oxygens (including phenoxy) is 2. The van der Waals surface area contributed by atoms with Crippen molar-refractivity contribution in [2.75, 3.05) is 25.2 Å². The zero-order valence-corrected chi connectivity index (χ0v) is 18.0. The van der Waals surface area contributed by atoms with E-state index in [1.165, 1.54) is 25.7 Å². The van der Waals surface area contributed by atoms with Gasteiger partial charge in [0.15, 0.2) is 11.5 Å². The Morgan fingerprint density at radius 2 is 1.77 bits per heavy atom. The SMILES string of the molecule is O=C(Nc1ccc(C(=O)N2CC[C@H]3CCCC[C@H]3C2)c(Cl)c1)c1ccc2c(c1)OCO2. The summed E-state index contributed by atoms with van der Waals surface area (Å²) in [5, 5.41) is 3.17. The number of benzene rings is 2. The van der Waals surface area contributed by atoms with E-state index >= 15 is 0 Å². The van der Waals surface area contributed by atoms with Crippen molar-refractivity contribution >= 4 is 29.1 Å². The van der Waals surface area contributed by atoms with Gasteiger partial charge in [-0.05, 0) is 61.1 Å². The molecule has 31 heavy (non-hydrogen) atoms. The number of fused-ring (bicyclic) bond motifs is 2. The average Bonchev–Trinajstić information content (AvgIpc) is 3.26. The molecule has 2 atom stereocenters. The van der Waals surface area contributed by atoms with E-state index in [0.717, 1.165) is 25.4 Å². The summed E-state index contributed by atoms with van der Waals surface area (Å²) in [6.07, 6.45) is 6.18. The summed E-state index contributed by atoms with van der Waals surface area (Å²) < 4.78 is 10.6. The highest BCUT2D eigenvalue weighted by molar-refractivity contribution is 6.34. The summed E-state index contributed by atoms with van der Waals surface area (Å²) in [7, 11) is 0. The Hall–Kier alpha value is -2.73. The fraction of sp³-hybridized carbons (Fsp3) is 0.417. The third kappa shape index (κ3) is 4.09. The number of halogens is 1. The molecule has 0 unspecified atom stereocenters. The van der Waals surface area contributed by atoms with Crippen LogP contribution in [-0.4, -0.2) is 36.6 Å². The third-order valence-corrected chi connectivity index (χ3v) is 6.98. The maximum Gasteiger partial charge on any atom is 0.255 e. The number of piperidine rings is 1. The normalized spacial score (nSPS) is 22.0. The van der Waals surface area contributed by atoms with Gasteiger partial charge in [0.2, 0.25) is 6.79 Å². The monoisotopic (exact) mass is 440 g/mol. The van der Waals surface area contributed by atoms with Crippen LogP contribution in [0.15, 0.2) is 36.4 Å². The van der Waals surface area contributed by atoms with Crippen molar-refractivity contribution in [3.63, 3.8) is 0 Å². The first-order valence-corrected chi connectivity index (χ1v) is 11.3. The van der Waals surface area contributed by atoms with Crippen LogP contribution in [0.2, 0.25) is 5.02 Å². The molecule has 3 aliphatic rings. The number of nitrogens with one attached hydrogen (secondary N) is 1. The molecule has 1 saturated carbocycles. The number of amides is 2. The highest BCUT2D eigenvalue weighted by atomic mass is 35.5. The quantitative estimate of drug-likeness (QED) is 0.731. The fourth-order valence-corrected chi connectivity index (χ4v) is 5.22. The van der Waals surface area contributed by atoms with Gasteiger partial charge in [-0.1, -0.05) is 30.9 Å². The second-order valence-electron chi connectivity index (χ2n) is 8.56. The first kappa shape index (κ1) is 20.2. The summed E-state index contributed by atoms with van der Waals surface area (Å²) in [6, 6.07) is 10.1. The van der Waals surface area contributed by atoms with Crippen LogP contribution < -0.4 is 14.8 Å². The molecular weight excluding hydrogens is 416 g/mol. The van der Waals surface area contributed by atoms with E-state index in [1.807, 2.05) is 4.90 Å². The Bertz CT molecular complexity index is 1020. The Morgan fingerprint density at radius 3 is 2.61 bits per heavy atom. The molecule has 162 valence electrons. The number of carbonyl (C=O) groups excluding carboxylic acids is 2. The lowest BCUT2D eigenvalue weighted by Crippen LogP contribution is -2.44. The van der Waals surface area contributed by atoms with E-state index in [2.05, 4.69) is 5.32 Å². The number of hydrogen-bond donors (Lipinski definition) is 1. The topological polar surface area (TPSA) is 67.9 Å². The summed E-state index contributed by atoms with van der Waals surface area (Å²) in [4.78, 5) is 27.6. The van der Waals surface area contributed by atoms with Gasteiger partial charge in [-0.3, -0.25) is 9.59 Å². The van der Waals surface area contributed by atoms with Crippen LogP contribution in [0.1, 0.15) is 52.8 Å². The van der Waals surface area contributed by atoms with E-state index in [1.54, 1.807) is 36.4 Å². The second-order valence-corrected chi connectivity index (χ2v) is 8.97. The summed E-state index contributed by atoms with van der Waals surface area (Å²) >= 11 is 6.45. The molecule has 0 spiro atoms. The van der Waals surface area contributed by atoms with Gasteiger partial charge >= 0.3 is 0 Å². The minimum absolute atomic E-state index is 0.0253. The van der Waals surface area contributed by atoms with E-state index in [0.29, 0.717) is 39.3 Å². The zero-order chi connectivity index (χ0) is 21.4. The van der Waals surface area contributed by atoms with Crippen LogP contribution in [0.5, 0.6) is 11.5 Å². The molecule has 2 fully saturated rings. The van der Waals surface area contributed by atoms with Crippen molar-refractivity contribution in [1.82, 2.24) is 4.90 Å². The Morgan fingerprint density at radius 1 is 0.968 bits per heavy atom.